The minimum atomic E-state index is -0.814. The van der Waals surface area contributed by atoms with E-state index in [-0.39, 0.29) is 17.7 Å². The molecule has 1 fully saturated rings. The van der Waals surface area contributed by atoms with E-state index in [0.29, 0.717) is 13.0 Å². The van der Waals surface area contributed by atoms with E-state index in [1.54, 1.807) is 0 Å². The summed E-state index contributed by atoms with van der Waals surface area (Å²) in [6.07, 6.45) is 1.94. The van der Waals surface area contributed by atoms with E-state index in [1.165, 1.54) is 0 Å². The van der Waals surface area contributed by atoms with Gasteiger partial charge in [-0.3, -0.25) is 9.59 Å². The minimum Gasteiger partial charge on any atom is -0.481 e. The monoisotopic (exact) mass is 228 g/mol. The number of carboxylic acid groups (broad SMARTS) is 1. The van der Waals surface area contributed by atoms with Crippen molar-refractivity contribution in [1.82, 2.24) is 10.6 Å². The predicted octanol–water partition coefficient (Wildman–Crippen LogP) is 0.357. The third-order valence-electron chi connectivity index (χ3n) is 3.10. The summed E-state index contributed by atoms with van der Waals surface area (Å²) in [5, 5.41) is 14.9. The zero-order valence-corrected chi connectivity index (χ0v) is 9.71. The first kappa shape index (κ1) is 13.0. The Morgan fingerprint density at radius 1 is 1.31 bits per heavy atom. The van der Waals surface area contributed by atoms with E-state index in [2.05, 4.69) is 10.6 Å². The van der Waals surface area contributed by atoms with Gasteiger partial charge < -0.3 is 15.7 Å². The van der Waals surface area contributed by atoms with Crippen LogP contribution in [-0.4, -0.2) is 36.6 Å². The molecule has 0 aromatic heterocycles. The van der Waals surface area contributed by atoms with Gasteiger partial charge in [-0.1, -0.05) is 0 Å². The average molecular weight is 228 g/mol. The zero-order valence-electron chi connectivity index (χ0n) is 9.71. The number of carboxylic acids is 1. The summed E-state index contributed by atoms with van der Waals surface area (Å²) in [5.74, 6) is -0.850. The van der Waals surface area contributed by atoms with Crippen LogP contribution in [0.15, 0.2) is 0 Å². The molecule has 1 saturated heterocycles. The fraction of sp³-hybridized carbons (Fsp3) is 0.818. The first-order valence-corrected chi connectivity index (χ1v) is 5.77. The molecular formula is C11H20N2O3. The van der Waals surface area contributed by atoms with Gasteiger partial charge in [-0.25, -0.2) is 0 Å². The molecule has 0 saturated carbocycles. The van der Waals surface area contributed by atoms with Gasteiger partial charge in [-0.05, 0) is 38.3 Å². The number of rotatable bonds is 5. The van der Waals surface area contributed by atoms with Crippen LogP contribution in [0.5, 0.6) is 0 Å². The summed E-state index contributed by atoms with van der Waals surface area (Å²) in [4.78, 5) is 22.4. The molecule has 0 spiro atoms. The number of piperidine rings is 1. The highest BCUT2D eigenvalue weighted by molar-refractivity contribution is 5.78. The van der Waals surface area contributed by atoms with Crippen LogP contribution < -0.4 is 10.6 Å². The highest BCUT2D eigenvalue weighted by Crippen LogP contribution is 2.36. The SMILES string of the molecule is CCNC(=O)CC1(CC(=O)O)CCNCC1. The second-order valence-electron chi connectivity index (χ2n) is 4.45. The fourth-order valence-corrected chi connectivity index (χ4v) is 2.29. The molecule has 5 nitrogen and oxygen atoms in total. The van der Waals surface area contributed by atoms with Crippen LogP contribution in [0.1, 0.15) is 32.6 Å². The molecule has 1 rings (SSSR count). The maximum Gasteiger partial charge on any atom is 0.303 e. The summed E-state index contributed by atoms with van der Waals surface area (Å²) in [5.41, 5.74) is -0.351. The van der Waals surface area contributed by atoms with E-state index >= 15 is 0 Å². The van der Waals surface area contributed by atoms with Crippen molar-refractivity contribution in [3.63, 3.8) is 0 Å². The Balaban J connectivity index is 2.62. The fourth-order valence-electron chi connectivity index (χ4n) is 2.29. The van der Waals surface area contributed by atoms with Gasteiger partial charge in [-0.15, -0.1) is 0 Å². The van der Waals surface area contributed by atoms with Crippen LogP contribution >= 0.6 is 0 Å². The molecule has 0 aromatic rings. The molecule has 16 heavy (non-hydrogen) atoms. The molecule has 1 aliphatic rings. The highest BCUT2D eigenvalue weighted by Gasteiger charge is 2.36. The standard InChI is InChI=1S/C11H20N2O3/c1-2-13-9(14)7-11(8-10(15)16)3-5-12-6-4-11/h12H,2-8H2,1H3,(H,13,14)(H,15,16). The molecule has 1 amide bonds. The van der Waals surface area contributed by atoms with E-state index in [4.69, 9.17) is 5.11 Å². The first-order chi connectivity index (χ1) is 7.58. The van der Waals surface area contributed by atoms with Crippen molar-refractivity contribution >= 4 is 11.9 Å². The van der Waals surface area contributed by atoms with Gasteiger partial charge in [-0.2, -0.15) is 0 Å². The van der Waals surface area contributed by atoms with Crippen LogP contribution in [0.4, 0.5) is 0 Å². The molecule has 0 bridgehead atoms. The van der Waals surface area contributed by atoms with E-state index in [0.717, 1.165) is 25.9 Å². The molecule has 92 valence electrons. The Hall–Kier alpha value is -1.10. The molecule has 0 atom stereocenters. The minimum absolute atomic E-state index is 0.0364. The summed E-state index contributed by atoms with van der Waals surface area (Å²) in [6, 6.07) is 0. The maximum absolute atomic E-state index is 11.6. The smallest absolute Gasteiger partial charge is 0.303 e. The van der Waals surface area contributed by atoms with Gasteiger partial charge in [0, 0.05) is 13.0 Å². The molecule has 5 heteroatoms. The van der Waals surface area contributed by atoms with Crippen molar-refractivity contribution in [2.24, 2.45) is 5.41 Å². The van der Waals surface area contributed by atoms with Crippen molar-refractivity contribution in [3.8, 4) is 0 Å². The molecule has 0 aliphatic carbocycles. The quantitative estimate of drug-likeness (QED) is 0.634. The second kappa shape index (κ2) is 5.84. The van der Waals surface area contributed by atoms with Crippen LogP contribution in [-0.2, 0) is 9.59 Å². The van der Waals surface area contributed by atoms with E-state index in [1.807, 2.05) is 6.92 Å². The Bertz CT molecular complexity index is 260. The predicted molar refractivity (Wildman–Crippen MR) is 60.1 cm³/mol. The van der Waals surface area contributed by atoms with Crippen molar-refractivity contribution in [3.05, 3.63) is 0 Å². The summed E-state index contributed by atoms with van der Waals surface area (Å²) in [6.45, 7) is 4.06. The van der Waals surface area contributed by atoms with Crippen LogP contribution in [0.2, 0.25) is 0 Å². The Labute approximate surface area is 95.6 Å². The van der Waals surface area contributed by atoms with Gasteiger partial charge in [0.15, 0.2) is 0 Å². The molecule has 0 aromatic carbocycles. The van der Waals surface area contributed by atoms with Crippen molar-refractivity contribution in [2.75, 3.05) is 19.6 Å². The summed E-state index contributed by atoms with van der Waals surface area (Å²) in [7, 11) is 0. The topological polar surface area (TPSA) is 78.4 Å². The third kappa shape index (κ3) is 3.81. The lowest BCUT2D eigenvalue weighted by atomic mass is 9.73. The largest absolute Gasteiger partial charge is 0.481 e. The second-order valence-corrected chi connectivity index (χ2v) is 4.45. The van der Waals surface area contributed by atoms with Crippen molar-refractivity contribution in [2.45, 2.75) is 32.6 Å². The normalized spacial score (nSPS) is 19.1. The Morgan fingerprint density at radius 3 is 2.44 bits per heavy atom. The van der Waals surface area contributed by atoms with Crippen LogP contribution in [0.3, 0.4) is 0 Å². The number of amides is 1. The zero-order chi connectivity index (χ0) is 12.0. The van der Waals surface area contributed by atoms with E-state index in [9.17, 15) is 9.59 Å². The van der Waals surface area contributed by atoms with E-state index < -0.39 is 5.97 Å². The number of hydrogen-bond acceptors (Lipinski definition) is 3. The highest BCUT2D eigenvalue weighted by atomic mass is 16.4. The molecule has 0 unspecified atom stereocenters. The lowest BCUT2D eigenvalue weighted by molar-refractivity contribution is -0.141. The van der Waals surface area contributed by atoms with Crippen LogP contribution in [0.25, 0.3) is 0 Å². The van der Waals surface area contributed by atoms with Crippen molar-refractivity contribution in [1.29, 1.82) is 0 Å². The number of carbonyl (C=O) groups excluding carboxylic acids is 1. The molecular weight excluding hydrogens is 208 g/mol. The van der Waals surface area contributed by atoms with Gasteiger partial charge in [0.1, 0.15) is 0 Å². The van der Waals surface area contributed by atoms with Gasteiger partial charge in [0.05, 0.1) is 6.42 Å². The summed E-state index contributed by atoms with van der Waals surface area (Å²) < 4.78 is 0. The maximum atomic E-state index is 11.6. The van der Waals surface area contributed by atoms with Gasteiger partial charge >= 0.3 is 5.97 Å². The molecule has 3 N–H and O–H groups in total. The average Bonchev–Trinajstić information content (AvgIpc) is 2.17. The Kier molecular flexibility index (Phi) is 4.73. The molecule has 0 radical (unpaired) electrons. The first-order valence-electron chi connectivity index (χ1n) is 5.77. The van der Waals surface area contributed by atoms with Gasteiger partial charge in [0.2, 0.25) is 5.91 Å². The van der Waals surface area contributed by atoms with Gasteiger partial charge in [0.25, 0.3) is 0 Å². The van der Waals surface area contributed by atoms with Crippen molar-refractivity contribution < 1.29 is 14.7 Å². The lowest BCUT2D eigenvalue weighted by Crippen LogP contribution is -2.41. The number of carbonyl (C=O) groups is 2. The van der Waals surface area contributed by atoms with Crippen LogP contribution in [0, 0.1) is 5.41 Å². The Morgan fingerprint density at radius 2 is 1.94 bits per heavy atom. The number of nitrogens with one attached hydrogen (secondary N) is 2. The molecule has 1 aliphatic heterocycles. The lowest BCUT2D eigenvalue weighted by Gasteiger charge is -2.35. The molecule has 1 heterocycles. The summed E-state index contributed by atoms with van der Waals surface area (Å²) >= 11 is 0. The third-order valence-corrected chi connectivity index (χ3v) is 3.10. The number of aliphatic carboxylic acids is 1. The number of hydrogen-bond donors (Lipinski definition) is 3.